The number of likely N-dealkylation sites (N-methyl/N-ethyl adjacent to an activating group) is 2. The van der Waals surface area contributed by atoms with Crippen LogP contribution in [0.1, 0.15) is 13.8 Å². The molecule has 3 heterocycles. The second-order valence-electron chi connectivity index (χ2n) is 6.11. The van der Waals surface area contributed by atoms with Crippen molar-refractivity contribution < 1.29 is 9.59 Å². The molecule has 24 heavy (non-hydrogen) atoms. The number of amides is 3. The van der Waals surface area contributed by atoms with Crippen molar-refractivity contribution in [3.8, 4) is 0 Å². The van der Waals surface area contributed by atoms with E-state index in [1.807, 2.05) is 60.2 Å². The van der Waals surface area contributed by atoms with Crippen molar-refractivity contribution >= 4 is 23.6 Å². The SMILES string of the molecule is CCN1C(=O)C2C(N=C3N(c4ccccc4)C(C)=CN32)N(C)C1=O. The predicted molar refractivity (Wildman–Crippen MR) is 90.1 cm³/mol. The number of benzene rings is 1. The van der Waals surface area contributed by atoms with Crippen molar-refractivity contribution in [3.05, 3.63) is 42.2 Å². The van der Waals surface area contributed by atoms with E-state index in [9.17, 15) is 9.59 Å². The lowest BCUT2D eigenvalue weighted by Gasteiger charge is -2.39. The Kier molecular flexibility index (Phi) is 3.13. The molecule has 7 nitrogen and oxygen atoms in total. The van der Waals surface area contributed by atoms with Crippen LogP contribution in [-0.2, 0) is 4.79 Å². The van der Waals surface area contributed by atoms with Crippen LogP contribution in [0, 0.1) is 0 Å². The van der Waals surface area contributed by atoms with Crippen LogP contribution in [0.5, 0.6) is 0 Å². The number of nitrogens with zero attached hydrogens (tertiary/aromatic N) is 5. The van der Waals surface area contributed by atoms with E-state index in [1.165, 1.54) is 4.90 Å². The van der Waals surface area contributed by atoms with E-state index in [1.54, 1.807) is 11.9 Å². The van der Waals surface area contributed by atoms with Gasteiger partial charge < -0.3 is 9.80 Å². The number of carbonyl (C=O) groups is 2. The summed E-state index contributed by atoms with van der Waals surface area (Å²) in [5.41, 5.74) is 1.98. The van der Waals surface area contributed by atoms with Crippen LogP contribution in [0.15, 0.2) is 47.2 Å². The number of allylic oxidation sites excluding steroid dienone is 1. The summed E-state index contributed by atoms with van der Waals surface area (Å²) >= 11 is 0. The Morgan fingerprint density at radius 3 is 2.54 bits per heavy atom. The number of guanidine groups is 1. The van der Waals surface area contributed by atoms with E-state index < -0.39 is 12.2 Å². The van der Waals surface area contributed by atoms with Gasteiger partial charge in [-0.15, -0.1) is 0 Å². The molecule has 3 aliphatic rings. The fourth-order valence-corrected chi connectivity index (χ4v) is 3.54. The maximum atomic E-state index is 12.8. The molecule has 0 N–H and O–H groups in total. The predicted octanol–water partition coefficient (Wildman–Crippen LogP) is 1.65. The first-order valence-electron chi connectivity index (χ1n) is 8.02. The van der Waals surface area contributed by atoms with Gasteiger partial charge >= 0.3 is 6.03 Å². The van der Waals surface area contributed by atoms with Gasteiger partial charge in [-0.25, -0.2) is 9.79 Å². The fourth-order valence-electron chi connectivity index (χ4n) is 3.54. The van der Waals surface area contributed by atoms with Gasteiger partial charge in [-0.2, -0.15) is 0 Å². The Balaban J connectivity index is 1.76. The third-order valence-electron chi connectivity index (χ3n) is 4.72. The highest BCUT2D eigenvalue weighted by molar-refractivity contribution is 6.09. The maximum Gasteiger partial charge on any atom is 0.328 e. The Labute approximate surface area is 140 Å². The molecular formula is C17H19N5O2. The van der Waals surface area contributed by atoms with Crippen molar-refractivity contribution in [2.24, 2.45) is 4.99 Å². The molecule has 1 aromatic carbocycles. The van der Waals surface area contributed by atoms with Crippen LogP contribution in [-0.4, -0.2) is 58.4 Å². The first-order chi connectivity index (χ1) is 11.5. The molecule has 0 saturated carbocycles. The Morgan fingerprint density at radius 2 is 1.88 bits per heavy atom. The molecule has 2 unspecified atom stereocenters. The van der Waals surface area contributed by atoms with Crippen LogP contribution in [0.3, 0.4) is 0 Å². The summed E-state index contributed by atoms with van der Waals surface area (Å²) in [6.45, 7) is 4.16. The minimum absolute atomic E-state index is 0.191. The minimum Gasteiger partial charge on any atom is -0.302 e. The molecule has 2 atom stereocenters. The molecular weight excluding hydrogens is 306 g/mol. The van der Waals surface area contributed by atoms with Gasteiger partial charge in [0.15, 0.2) is 12.2 Å². The zero-order chi connectivity index (χ0) is 17.0. The van der Waals surface area contributed by atoms with Gasteiger partial charge in [-0.05, 0) is 26.0 Å². The average molecular weight is 325 g/mol. The fraction of sp³-hybridized carbons (Fsp3) is 0.353. The average Bonchev–Trinajstić information content (AvgIpc) is 3.08. The highest BCUT2D eigenvalue weighted by Crippen LogP contribution is 2.36. The Bertz CT molecular complexity index is 772. The molecule has 1 aromatic rings. The van der Waals surface area contributed by atoms with Gasteiger partial charge in [-0.3, -0.25) is 14.6 Å². The Morgan fingerprint density at radius 1 is 1.17 bits per heavy atom. The van der Waals surface area contributed by atoms with Crippen LogP contribution < -0.4 is 4.90 Å². The third-order valence-corrected chi connectivity index (χ3v) is 4.72. The van der Waals surface area contributed by atoms with Crippen molar-refractivity contribution in [2.75, 3.05) is 18.5 Å². The summed E-state index contributed by atoms with van der Waals surface area (Å²) in [5.74, 6) is 0.503. The topological polar surface area (TPSA) is 59.5 Å². The lowest BCUT2D eigenvalue weighted by Crippen LogP contribution is -2.64. The molecule has 1 fully saturated rings. The van der Waals surface area contributed by atoms with Crippen LogP contribution in [0.2, 0.25) is 0 Å². The van der Waals surface area contributed by atoms with E-state index in [0.717, 1.165) is 11.4 Å². The number of para-hydroxylation sites is 1. The molecule has 4 rings (SSSR count). The van der Waals surface area contributed by atoms with Gasteiger partial charge in [0.25, 0.3) is 5.91 Å². The zero-order valence-corrected chi connectivity index (χ0v) is 13.9. The molecule has 7 heteroatoms. The van der Waals surface area contributed by atoms with Crippen LogP contribution in [0.4, 0.5) is 10.5 Å². The van der Waals surface area contributed by atoms with Crippen LogP contribution >= 0.6 is 0 Å². The second-order valence-corrected chi connectivity index (χ2v) is 6.11. The summed E-state index contributed by atoms with van der Waals surface area (Å²) in [4.78, 5) is 36.6. The highest BCUT2D eigenvalue weighted by atomic mass is 16.2. The molecule has 3 aliphatic heterocycles. The van der Waals surface area contributed by atoms with E-state index in [4.69, 9.17) is 4.99 Å². The van der Waals surface area contributed by atoms with Crippen molar-refractivity contribution in [2.45, 2.75) is 26.1 Å². The first-order valence-corrected chi connectivity index (χ1v) is 8.02. The number of hydrogen-bond acceptors (Lipinski definition) is 5. The standard InChI is InChI=1S/C17H19N5O2/c1-4-20-15(23)13-14(19(3)17(20)24)18-16-21(13)10-11(2)22(16)12-8-6-5-7-9-12/h5-10,13-14H,4H2,1-3H3. The monoisotopic (exact) mass is 325 g/mol. The van der Waals surface area contributed by atoms with Gasteiger partial charge in [-0.1, -0.05) is 18.2 Å². The largest absolute Gasteiger partial charge is 0.328 e. The normalized spacial score (nSPS) is 25.8. The second kappa shape index (κ2) is 5.09. The molecule has 0 spiro atoms. The number of carbonyl (C=O) groups excluding carboxylic acids is 2. The van der Waals surface area contributed by atoms with E-state index in [-0.39, 0.29) is 11.9 Å². The van der Waals surface area contributed by atoms with E-state index in [0.29, 0.717) is 12.5 Å². The summed E-state index contributed by atoms with van der Waals surface area (Å²) in [6, 6.07) is 9.11. The number of rotatable bonds is 2. The van der Waals surface area contributed by atoms with Gasteiger partial charge in [0.2, 0.25) is 5.96 Å². The zero-order valence-electron chi connectivity index (χ0n) is 13.9. The summed E-state index contributed by atoms with van der Waals surface area (Å²) in [6.07, 6.45) is 1.45. The smallest absolute Gasteiger partial charge is 0.302 e. The first kappa shape index (κ1) is 14.7. The number of anilines is 1. The summed E-state index contributed by atoms with van der Waals surface area (Å²) in [7, 11) is 1.70. The molecule has 3 amide bonds. The number of fused-ring (bicyclic) bond motifs is 3. The number of hydrogen-bond donors (Lipinski definition) is 0. The molecule has 0 bridgehead atoms. The summed E-state index contributed by atoms with van der Waals surface area (Å²) < 4.78 is 0. The highest BCUT2D eigenvalue weighted by Gasteiger charge is 2.54. The summed E-state index contributed by atoms with van der Waals surface area (Å²) in [5, 5.41) is 0. The van der Waals surface area contributed by atoms with Crippen molar-refractivity contribution in [1.29, 1.82) is 0 Å². The molecule has 0 aromatic heterocycles. The molecule has 0 aliphatic carbocycles. The third kappa shape index (κ3) is 1.81. The number of imide groups is 1. The molecule has 124 valence electrons. The number of urea groups is 1. The Hall–Kier alpha value is -2.83. The molecule has 1 saturated heterocycles. The lowest BCUT2D eigenvalue weighted by molar-refractivity contribution is -0.136. The quantitative estimate of drug-likeness (QED) is 0.829. The van der Waals surface area contributed by atoms with Gasteiger partial charge in [0.1, 0.15) is 0 Å². The van der Waals surface area contributed by atoms with Crippen LogP contribution in [0.25, 0.3) is 0 Å². The minimum atomic E-state index is -0.494. The van der Waals surface area contributed by atoms with Gasteiger partial charge in [0, 0.05) is 31.2 Å². The van der Waals surface area contributed by atoms with Crippen molar-refractivity contribution in [1.82, 2.24) is 14.7 Å². The van der Waals surface area contributed by atoms with Gasteiger partial charge in [0.05, 0.1) is 0 Å². The van der Waals surface area contributed by atoms with E-state index in [2.05, 4.69) is 0 Å². The molecule has 0 radical (unpaired) electrons. The maximum absolute atomic E-state index is 12.8. The number of aliphatic imine (C=N–C) groups is 1. The van der Waals surface area contributed by atoms with E-state index >= 15 is 0 Å². The van der Waals surface area contributed by atoms with Crippen molar-refractivity contribution in [3.63, 3.8) is 0 Å². The lowest BCUT2D eigenvalue weighted by atomic mass is 10.1.